The third-order valence-electron chi connectivity index (χ3n) is 2.56. The predicted molar refractivity (Wildman–Crippen MR) is 62.5 cm³/mol. The number of hydrogen-bond donors (Lipinski definition) is 1. The van der Waals surface area contributed by atoms with Crippen molar-refractivity contribution in [3.63, 3.8) is 0 Å². The van der Waals surface area contributed by atoms with E-state index in [9.17, 15) is 0 Å². The average Bonchev–Trinajstić information content (AvgIpc) is 2.26. The SMILES string of the molecule is CC(CN)CCN(C)c1ccccc1. The Morgan fingerprint density at radius 1 is 1.29 bits per heavy atom. The Kier molecular flexibility index (Phi) is 4.47. The minimum absolute atomic E-state index is 0.612. The number of anilines is 1. The standard InChI is InChI=1S/C12H20N2/c1-11(10-13)8-9-14(2)12-6-4-3-5-7-12/h3-7,11H,8-10,13H2,1-2H3. The molecule has 0 aliphatic rings. The van der Waals surface area contributed by atoms with E-state index >= 15 is 0 Å². The van der Waals surface area contributed by atoms with Crippen molar-refractivity contribution in [3.8, 4) is 0 Å². The molecule has 14 heavy (non-hydrogen) atoms. The highest BCUT2D eigenvalue weighted by Crippen LogP contribution is 2.12. The largest absolute Gasteiger partial charge is 0.375 e. The second kappa shape index (κ2) is 5.66. The smallest absolute Gasteiger partial charge is 0.0363 e. The normalized spacial score (nSPS) is 12.5. The summed E-state index contributed by atoms with van der Waals surface area (Å²) in [5.74, 6) is 0.612. The molecule has 1 atom stereocenters. The number of benzene rings is 1. The predicted octanol–water partition coefficient (Wildman–Crippen LogP) is 2.11. The molecule has 1 rings (SSSR count). The highest BCUT2D eigenvalue weighted by molar-refractivity contribution is 5.44. The summed E-state index contributed by atoms with van der Waals surface area (Å²) < 4.78 is 0. The van der Waals surface area contributed by atoms with Crippen molar-refractivity contribution in [2.24, 2.45) is 11.7 Å². The summed E-state index contributed by atoms with van der Waals surface area (Å²) in [5.41, 5.74) is 6.85. The zero-order chi connectivity index (χ0) is 10.4. The summed E-state index contributed by atoms with van der Waals surface area (Å²) in [7, 11) is 2.12. The van der Waals surface area contributed by atoms with Crippen LogP contribution in [0.25, 0.3) is 0 Å². The number of rotatable bonds is 5. The van der Waals surface area contributed by atoms with Crippen molar-refractivity contribution in [2.45, 2.75) is 13.3 Å². The van der Waals surface area contributed by atoms with Gasteiger partial charge in [-0.15, -0.1) is 0 Å². The van der Waals surface area contributed by atoms with Gasteiger partial charge < -0.3 is 10.6 Å². The Morgan fingerprint density at radius 2 is 1.93 bits per heavy atom. The number of para-hydroxylation sites is 1. The van der Waals surface area contributed by atoms with Crippen LogP contribution in [0.2, 0.25) is 0 Å². The van der Waals surface area contributed by atoms with Gasteiger partial charge in [0.05, 0.1) is 0 Å². The molecule has 0 fully saturated rings. The third-order valence-corrected chi connectivity index (χ3v) is 2.56. The zero-order valence-corrected chi connectivity index (χ0v) is 9.11. The first-order valence-corrected chi connectivity index (χ1v) is 5.20. The molecule has 0 amide bonds. The fraction of sp³-hybridized carbons (Fsp3) is 0.500. The van der Waals surface area contributed by atoms with Crippen molar-refractivity contribution in [2.75, 3.05) is 25.0 Å². The van der Waals surface area contributed by atoms with Gasteiger partial charge in [0.1, 0.15) is 0 Å². The Labute approximate surface area is 86.7 Å². The van der Waals surface area contributed by atoms with Crippen LogP contribution in [0.4, 0.5) is 5.69 Å². The average molecular weight is 192 g/mol. The summed E-state index contributed by atoms with van der Waals surface area (Å²) in [4.78, 5) is 2.27. The van der Waals surface area contributed by atoms with Gasteiger partial charge in [-0.2, -0.15) is 0 Å². The molecule has 2 N–H and O–H groups in total. The van der Waals surface area contributed by atoms with Crippen LogP contribution in [0.3, 0.4) is 0 Å². The van der Waals surface area contributed by atoms with Crippen LogP contribution in [0.5, 0.6) is 0 Å². The minimum atomic E-state index is 0.612. The van der Waals surface area contributed by atoms with Crippen LogP contribution in [-0.4, -0.2) is 20.1 Å². The monoisotopic (exact) mass is 192 g/mol. The van der Waals surface area contributed by atoms with E-state index < -0.39 is 0 Å². The first kappa shape index (κ1) is 11.1. The second-order valence-electron chi connectivity index (χ2n) is 3.89. The van der Waals surface area contributed by atoms with Crippen LogP contribution in [-0.2, 0) is 0 Å². The third kappa shape index (κ3) is 3.38. The van der Waals surface area contributed by atoms with Gasteiger partial charge in [0.25, 0.3) is 0 Å². The maximum absolute atomic E-state index is 5.58. The molecule has 0 spiro atoms. The van der Waals surface area contributed by atoms with Crippen molar-refractivity contribution >= 4 is 5.69 Å². The van der Waals surface area contributed by atoms with E-state index in [2.05, 4.69) is 43.1 Å². The lowest BCUT2D eigenvalue weighted by Crippen LogP contribution is -2.22. The maximum Gasteiger partial charge on any atom is 0.0363 e. The fourth-order valence-corrected chi connectivity index (χ4v) is 1.34. The van der Waals surface area contributed by atoms with Gasteiger partial charge in [-0.3, -0.25) is 0 Å². The molecular weight excluding hydrogens is 172 g/mol. The zero-order valence-electron chi connectivity index (χ0n) is 9.11. The van der Waals surface area contributed by atoms with Gasteiger partial charge in [0.2, 0.25) is 0 Å². The first-order valence-electron chi connectivity index (χ1n) is 5.20. The van der Waals surface area contributed by atoms with Crippen molar-refractivity contribution in [1.82, 2.24) is 0 Å². The Hall–Kier alpha value is -1.02. The van der Waals surface area contributed by atoms with Gasteiger partial charge >= 0.3 is 0 Å². The van der Waals surface area contributed by atoms with E-state index in [-0.39, 0.29) is 0 Å². The van der Waals surface area contributed by atoms with Gasteiger partial charge in [-0.25, -0.2) is 0 Å². The van der Waals surface area contributed by atoms with Gasteiger partial charge in [0.15, 0.2) is 0 Å². The molecule has 1 aromatic carbocycles. The number of nitrogens with two attached hydrogens (primary N) is 1. The summed E-state index contributed by atoms with van der Waals surface area (Å²) in [6, 6.07) is 10.4. The summed E-state index contributed by atoms with van der Waals surface area (Å²) >= 11 is 0. The van der Waals surface area contributed by atoms with E-state index in [0.29, 0.717) is 5.92 Å². The molecule has 0 aromatic heterocycles. The van der Waals surface area contributed by atoms with Crippen molar-refractivity contribution in [1.29, 1.82) is 0 Å². The molecule has 0 aliphatic heterocycles. The van der Waals surface area contributed by atoms with Crippen LogP contribution < -0.4 is 10.6 Å². The van der Waals surface area contributed by atoms with Crippen LogP contribution >= 0.6 is 0 Å². The molecule has 2 nitrogen and oxygen atoms in total. The Morgan fingerprint density at radius 3 is 2.50 bits per heavy atom. The highest BCUT2D eigenvalue weighted by Gasteiger charge is 2.02. The molecule has 0 aliphatic carbocycles. The molecule has 78 valence electrons. The lowest BCUT2D eigenvalue weighted by atomic mass is 10.1. The van der Waals surface area contributed by atoms with Crippen LogP contribution in [0, 0.1) is 5.92 Å². The Bertz CT molecular complexity index is 246. The van der Waals surface area contributed by atoms with Crippen molar-refractivity contribution < 1.29 is 0 Å². The molecule has 0 saturated carbocycles. The number of nitrogens with zero attached hydrogens (tertiary/aromatic N) is 1. The van der Waals surface area contributed by atoms with E-state index in [1.807, 2.05) is 6.07 Å². The molecule has 0 heterocycles. The highest BCUT2D eigenvalue weighted by atomic mass is 15.1. The molecule has 1 unspecified atom stereocenters. The maximum atomic E-state index is 5.58. The van der Waals surface area contributed by atoms with Gasteiger partial charge in [0, 0.05) is 19.3 Å². The van der Waals surface area contributed by atoms with E-state index in [4.69, 9.17) is 5.73 Å². The summed E-state index contributed by atoms with van der Waals surface area (Å²) in [6.07, 6.45) is 1.15. The summed E-state index contributed by atoms with van der Waals surface area (Å²) in [5, 5.41) is 0. The lowest BCUT2D eigenvalue weighted by Gasteiger charge is -2.20. The summed E-state index contributed by atoms with van der Waals surface area (Å²) in [6.45, 7) is 4.05. The van der Waals surface area contributed by atoms with Crippen molar-refractivity contribution in [3.05, 3.63) is 30.3 Å². The van der Waals surface area contributed by atoms with Gasteiger partial charge in [-0.1, -0.05) is 25.1 Å². The molecule has 0 saturated heterocycles. The quantitative estimate of drug-likeness (QED) is 0.774. The van der Waals surface area contributed by atoms with E-state index in [0.717, 1.165) is 19.5 Å². The topological polar surface area (TPSA) is 29.3 Å². The van der Waals surface area contributed by atoms with Gasteiger partial charge in [-0.05, 0) is 31.0 Å². The minimum Gasteiger partial charge on any atom is -0.375 e. The lowest BCUT2D eigenvalue weighted by molar-refractivity contribution is 0.545. The van der Waals surface area contributed by atoms with E-state index in [1.165, 1.54) is 5.69 Å². The molecule has 0 radical (unpaired) electrons. The Balaban J connectivity index is 2.39. The number of hydrogen-bond acceptors (Lipinski definition) is 2. The molecular formula is C12H20N2. The second-order valence-corrected chi connectivity index (χ2v) is 3.89. The molecule has 1 aromatic rings. The first-order chi connectivity index (χ1) is 6.74. The molecule has 2 heteroatoms. The van der Waals surface area contributed by atoms with E-state index in [1.54, 1.807) is 0 Å². The van der Waals surface area contributed by atoms with Crippen LogP contribution in [0.1, 0.15) is 13.3 Å². The fourth-order valence-electron chi connectivity index (χ4n) is 1.34. The van der Waals surface area contributed by atoms with Crippen LogP contribution in [0.15, 0.2) is 30.3 Å². The molecule has 0 bridgehead atoms.